The number of rotatable bonds is 4. The fraction of sp³-hybridized carbons (Fsp3) is 0.783. The first kappa shape index (κ1) is 19.8. The molecule has 0 aromatic heterocycles. The molecule has 0 aromatic rings. The molecule has 6 atom stereocenters. The summed E-state index contributed by atoms with van der Waals surface area (Å²) in [5, 5.41) is 10.4. The standard InChI is InChI=1S/C23H32O5/c1-14(25)28-12-21(27)20-6-5-18-17-4-3-15-11-16(26)7-10-23(15,13-24)19(17)8-9-22(18,20)2/h11,17-20,24H,3-10,12-13H2,1-2H3/t17?,18?,19?,20?,22-,23?/m0/s1. The number of ether oxygens (including phenoxy) is 1. The van der Waals surface area contributed by atoms with Crippen LogP contribution in [0.4, 0.5) is 0 Å². The lowest BCUT2D eigenvalue weighted by molar-refractivity contribution is -0.149. The SMILES string of the molecule is CC(=O)OCC(=O)C1CCC2C3CCC4=CC(=O)CCC4(CO)C3CC[C@]12C. The molecular weight excluding hydrogens is 356 g/mol. The Morgan fingerprint density at radius 1 is 1.14 bits per heavy atom. The van der Waals surface area contributed by atoms with E-state index < -0.39 is 5.97 Å². The third kappa shape index (κ3) is 2.89. The van der Waals surface area contributed by atoms with E-state index in [1.807, 2.05) is 6.08 Å². The molecule has 0 aromatic carbocycles. The van der Waals surface area contributed by atoms with Crippen LogP contribution >= 0.6 is 0 Å². The lowest BCUT2D eigenvalue weighted by atomic mass is 9.46. The zero-order chi connectivity index (χ0) is 20.1. The molecule has 3 saturated carbocycles. The second-order valence-electron chi connectivity index (χ2n) is 9.79. The van der Waals surface area contributed by atoms with Gasteiger partial charge in [-0.15, -0.1) is 0 Å². The summed E-state index contributed by atoms with van der Waals surface area (Å²) in [7, 11) is 0. The van der Waals surface area contributed by atoms with Crippen molar-refractivity contribution in [3.05, 3.63) is 11.6 Å². The number of hydrogen-bond donors (Lipinski definition) is 1. The topological polar surface area (TPSA) is 80.7 Å². The minimum Gasteiger partial charge on any atom is -0.458 e. The Kier molecular flexibility index (Phi) is 5.01. The molecule has 5 unspecified atom stereocenters. The molecule has 28 heavy (non-hydrogen) atoms. The first-order valence-corrected chi connectivity index (χ1v) is 10.8. The third-order valence-corrected chi connectivity index (χ3v) is 8.77. The zero-order valence-electron chi connectivity index (χ0n) is 17.0. The highest BCUT2D eigenvalue weighted by Gasteiger charge is 2.61. The number of aliphatic hydroxyl groups excluding tert-OH is 1. The van der Waals surface area contributed by atoms with Crippen LogP contribution in [-0.2, 0) is 19.1 Å². The monoisotopic (exact) mass is 388 g/mol. The number of ketones is 2. The summed E-state index contributed by atoms with van der Waals surface area (Å²) >= 11 is 0. The normalized spacial score (nSPS) is 42.1. The molecule has 4 rings (SSSR count). The Hall–Kier alpha value is -1.49. The number of carbonyl (C=O) groups is 3. The van der Waals surface area contributed by atoms with Crippen molar-refractivity contribution in [1.82, 2.24) is 0 Å². The lowest BCUT2D eigenvalue weighted by Gasteiger charge is -2.58. The summed E-state index contributed by atoms with van der Waals surface area (Å²) in [5.74, 6) is 1.21. The van der Waals surface area contributed by atoms with Crippen molar-refractivity contribution in [2.45, 2.75) is 65.2 Å². The Morgan fingerprint density at radius 3 is 2.64 bits per heavy atom. The minimum atomic E-state index is -0.403. The molecule has 4 aliphatic carbocycles. The fourth-order valence-corrected chi connectivity index (χ4v) is 7.46. The summed E-state index contributed by atoms with van der Waals surface area (Å²) in [5.41, 5.74) is 0.912. The maximum absolute atomic E-state index is 12.8. The highest BCUT2D eigenvalue weighted by Crippen LogP contribution is 2.66. The molecular formula is C23H32O5. The van der Waals surface area contributed by atoms with Crippen LogP contribution in [0.5, 0.6) is 0 Å². The maximum Gasteiger partial charge on any atom is 0.303 e. The van der Waals surface area contributed by atoms with Gasteiger partial charge in [0.25, 0.3) is 0 Å². The molecule has 0 bridgehead atoms. The Balaban J connectivity index is 1.58. The number of Topliss-reactive ketones (excluding diaryl/α,β-unsaturated/α-hetero) is 1. The summed E-state index contributed by atoms with van der Waals surface area (Å²) < 4.78 is 5.00. The molecule has 0 saturated heterocycles. The highest BCUT2D eigenvalue weighted by atomic mass is 16.5. The number of carbonyl (C=O) groups excluding carboxylic acids is 3. The van der Waals surface area contributed by atoms with Gasteiger partial charge in [0, 0.05) is 24.7 Å². The van der Waals surface area contributed by atoms with E-state index >= 15 is 0 Å². The van der Waals surface area contributed by atoms with Crippen LogP contribution in [0.15, 0.2) is 11.6 Å². The molecule has 0 amide bonds. The Labute approximate surface area is 166 Å². The molecule has 1 N–H and O–H groups in total. The van der Waals surface area contributed by atoms with Gasteiger partial charge in [-0.1, -0.05) is 12.5 Å². The summed E-state index contributed by atoms with van der Waals surface area (Å²) in [6.45, 7) is 3.63. The van der Waals surface area contributed by atoms with Crippen molar-refractivity contribution in [3.63, 3.8) is 0 Å². The second kappa shape index (κ2) is 7.08. The predicted molar refractivity (Wildman–Crippen MR) is 103 cm³/mol. The number of fused-ring (bicyclic) bond motifs is 5. The van der Waals surface area contributed by atoms with Gasteiger partial charge in [0.1, 0.15) is 6.61 Å². The van der Waals surface area contributed by atoms with E-state index in [1.54, 1.807) is 0 Å². The quantitative estimate of drug-likeness (QED) is 0.748. The molecule has 154 valence electrons. The molecule has 4 aliphatic rings. The average molecular weight is 389 g/mol. The van der Waals surface area contributed by atoms with E-state index in [2.05, 4.69) is 6.92 Å². The fourth-order valence-electron chi connectivity index (χ4n) is 7.46. The van der Waals surface area contributed by atoms with Crippen LogP contribution in [0.25, 0.3) is 0 Å². The van der Waals surface area contributed by atoms with Gasteiger partial charge in [-0.05, 0) is 74.2 Å². The molecule has 5 nitrogen and oxygen atoms in total. The van der Waals surface area contributed by atoms with Crippen LogP contribution in [0.2, 0.25) is 0 Å². The first-order valence-electron chi connectivity index (χ1n) is 10.8. The van der Waals surface area contributed by atoms with Gasteiger partial charge < -0.3 is 9.84 Å². The Bertz CT molecular complexity index is 725. The number of esters is 1. The van der Waals surface area contributed by atoms with E-state index in [9.17, 15) is 19.5 Å². The Morgan fingerprint density at radius 2 is 1.93 bits per heavy atom. The van der Waals surface area contributed by atoms with Crippen LogP contribution in [0, 0.1) is 34.5 Å². The van der Waals surface area contributed by atoms with E-state index in [0.717, 1.165) is 44.9 Å². The molecule has 3 fully saturated rings. The van der Waals surface area contributed by atoms with Crippen LogP contribution in [0.3, 0.4) is 0 Å². The van der Waals surface area contributed by atoms with Gasteiger partial charge in [0.15, 0.2) is 11.6 Å². The van der Waals surface area contributed by atoms with Gasteiger partial charge in [-0.3, -0.25) is 14.4 Å². The van der Waals surface area contributed by atoms with Crippen molar-refractivity contribution < 1.29 is 24.2 Å². The van der Waals surface area contributed by atoms with E-state index in [4.69, 9.17) is 4.74 Å². The average Bonchev–Trinajstić information content (AvgIpc) is 3.03. The number of aliphatic hydroxyl groups is 1. The zero-order valence-corrected chi connectivity index (χ0v) is 17.0. The van der Waals surface area contributed by atoms with E-state index in [-0.39, 0.29) is 41.5 Å². The molecule has 0 heterocycles. The molecule has 0 spiro atoms. The largest absolute Gasteiger partial charge is 0.458 e. The molecule has 0 radical (unpaired) electrons. The van der Waals surface area contributed by atoms with Gasteiger partial charge >= 0.3 is 5.97 Å². The van der Waals surface area contributed by atoms with Crippen molar-refractivity contribution in [1.29, 1.82) is 0 Å². The predicted octanol–water partition coefficient (Wildman–Crippen LogP) is 3.24. The van der Waals surface area contributed by atoms with Crippen LogP contribution in [-0.4, -0.2) is 35.9 Å². The maximum atomic E-state index is 12.8. The smallest absolute Gasteiger partial charge is 0.303 e. The van der Waals surface area contributed by atoms with Crippen LogP contribution in [0.1, 0.15) is 65.2 Å². The summed E-state index contributed by atoms with van der Waals surface area (Å²) in [6.07, 6.45) is 8.96. The van der Waals surface area contributed by atoms with Gasteiger partial charge in [-0.25, -0.2) is 0 Å². The summed E-state index contributed by atoms with van der Waals surface area (Å²) in [6, 6.07) is 0. The molecule has 5 heteroatoms. The van der Waals surface area contributed by atoms with Crippen LogP contribution < -0.4 is 0 Å². The van der Waals surface area contributed by atoms with Crippen molar-refractivity contribution >= 4 is 17.5 Å². The minimum absolute atomic E-state index is 0.0345. The second-order valence-corrected chi connectivity index (χ2v) is 9.79. The van der Waals surface area contributed by atoms with E-state index in [1.165, 1.54) is 12.5 Å². The van der Waals surface area contributed by atoms with Crippen molar-refractivity contribution in [3.8, 4) is 0 Å². The van der Waals surface area contributed by atoms with Gasteiger partial charge in [-0.2, -0.15) is 0 Å². The van der Waals surface area contributed by atoms with Gasteiger partial charge in [0.2, 0.25) is 0 Å². The summed E-state index contributed by atoms with van der Waals surface area (Å²) in [4.78, 5) is 35.9. The van der Waals surface area contributed by atoms with E-state index in [0.29, 0.717) is 24.2 Å². The third-order valence-electron chi connectivity index (χ3n) is 8.77. The number of hydrogen-bond acceptors (Lipinski definition) is 5. The molecule has 0 aliphatic heterocycles. The lowest BCUT2D eigenvalue weighted by Crippen LogP contribution is -2.53. The highest BCUT2D eigenvalue weighted by molar-refractivity contribution is 5.91. The van der Waals surface area contributed by atoms with Crippen molar-refractivity contribution in [2.24, 2.45) is 34.5 Å². The first-order chi connectivity index (χ1) is 13.3. The van der Waals surface area contributed by atoms with Crippen molar-refractivity contribution in [2.75, 3.05) is 13.2 Å². The van der Waals surface area contributed by atoms with Gasteiger partial charge in [0.05, 0.1) is 6.61 Å².